The third-order valence-electron chi connectivity index (χ3n) is 5.75. The molecule has 0 aliphatic heterocycles. The number of rotatable bonds is 6. The van der Waals surface area contributed by atoms with Gasteiger partial charge in [-0.1, -0.05) is 119 Å². The number of hydrogen-bond acceptors (Lipinski definition) is 1. The predicted octanol–water partition coefficient (Wildman–Crippen LogP) is 10.9. The number of benzene rings is 6. The van der Waals surface area contributed by atoms with E-state index >= 15 is 0 Å². The molecule has 0 spiro atoms. The van der Waals surface area contributed by atoms with Gasteiger partial charge in [-0.05, 0) is 88.0 Å². The summed E-state index contributed by atoms with van der Waals surface area (Å²) in [5.41, 5.74) is 1.59. The SMILES string of the molecule is [2H]c1c([2H])c([2H])c(-c2ccc(N(c3ccc(Br)cc3)c3cc(-c4c([2H])c([2H])c([2H])c([2H])c4[2H])cc(-c4c([2H])c([2H])c([2H])c([2H])c4[2H])c3)cc2)c([2H])c1[2H]. The van der Waals surface area contributed by atoms with Crippen LogP contribution in [0.25, 0.3) is 33.4 Å². The van der Waals surface area contributed by atoms with Gasteiger partial charge in [0.1, 0.15) is 0 Å². The van der Waals surface area contributed by atoms with Crippen molar-refractivity contribution < 1.29 is 20.6 Å². The molecule has 6 rings (SSSR count). The van der Waals surface area contributed by atoms with E-state index in [0.29, 0.717) is 22.6 Å². The normalized spacial score (nSPS) is 16.3. The van der Waals surface area contributed by atoms with Gasteiger partial charge in [0.15, 0.2) is 0 Å². The minimum absolute atomic E-state index is 0.00407. The molecule has 0 amide bonds. The fourth-order valence-corrected chi connectivity index (χ4v) is 4.29. The Hall–Kier alpha value is -4.40. The van der Waals surface area contributed by atoms with Crippen molar-refractivity contribution in [2.24, 2.45) is 0 Å². The van der Waals surface area contributed by atoms with Crippen LogP contribution in [0.1, 0.15) is 20.6 Å². The zero-order valence-electron chi connectivity index (χ0n) is 34.7. The second kappa shape index (κ2) is 10.9. The Balaban J connectivity index is 1.67. The molecule has 6 aromatic carbocycles. The first kappa shape index (κ1) is 12.4. The molecule has 38 heavy (non-hydrogen) atoms. The van der Waals surface area contributed by atoms with E-state index in [4.69, 9.17) is 20.6 Å². The van der Waals surface area contributed by atoms with E-state index in [2.05, 4.69) is 15.9 Å². The maximum Gasteiger partial charge on any atom is 0.0629 e. The van der Waals surface area contributed by atoms with E-state index < -0.39 is 78.6 Å². The van der Waals surface area contributed by atoms with Crippen LogP contribution in [0.5, 0.6) is 0 Å². The number of hydrogen-bond donors (Lipinski definition) is 0. The first-order valence-corrected chi connectivity index (χ1v) is 12.3. The summed E-state index contributed by atoms with van der Waals surface area (Å²) in [6.45, 7) is 0. The fourth-order valence-electron chi connectivity index (χ4n) is 4.03. The van der Waals surface area contributed by atoms with Crippen molar-refractivity contribution in [2.75, 3.05) is 4.90 Å². The molecule has 0 radical (unpaired) electrons. The Kier molecular flexibility index (Phi) is 3.57. The minimum Gasteiger partial charge on any atom is -0.310 e. The molecule has 0 aliphatic carbocycles. The van der Waals surface area contributed by atoms with Crippen LogP contribution in [-0.2, 0) is 0 Å². The zero-order valence-corrected chi connectivity index (χ0v) is 21.3. The van der Waals surface area contributed by atoms with Gasteiger partial charge in [-0.15, -0.1) is 0 Å². The Bertz CT molecular complexity index is 2290. The van der Waals surface area contributed by atoms with Crippen molar-refractivity contribution in [3.8, 4) is 33.4 Å². The molecule has 0 atom stereocenters. The van der Waals surface area contributed by atoms with E-state index in [1.165, 1.54) is 6.07 Å². The second-order valence-electron chi connectivity index (χ2n) is 8.13. The lowest BCUT2D eigenvalue weighted by Crippen LogP contribution is -2.10. The fraction of sp³-hybridized carbons (Fsp3) is 0. The summed E-state index contributed by atoms with van der Waals surface area (Å²) in [4.78, 5) is 1.73. The standard InChI is InChI=1S/C36H26BrN/c37-33-18-22-35(23-19-33)38(34-20-16-30(17-21-34)27-10-4-1-5-11-27)36-25-31(28-12-6-2-7-13-28)24-32(26-36)29-14-8-3-9-15-29/h1-26H/i1D,2D,3D,4D,5D,6D,7D,8D,9D,10D,11D,12D,13D,14D,15D. The average molecular weight is 568 g/mol. The summed E-state index contributed by atoms with van der Waals surface area (Å²) in [6, 6.07) is 10.4. The molecule has 0 aliphatic rings. The molecule has 0 bridgehead atoms. The third-order valence-corrected chi connectivity index (χ3v) is 6.28. The highest BCUT2D eigenvalue weighted by atomic mass is 79.9. The predicted molar refractivity (Wildman–Crippen MR) is 165 cm³/mol. The van der Waals surface area contributed by atoms with Gasteiger partial charge < -0.3 is 4.90 Å². The van der Waals surface area contributed by atoms with E-state index in [0.717, 1.165) is 4.47 Å². The largest absolute Gasteiger partial charge is 0.310 e. The topological polar surface area (TPSA) is 3.24 Å². The lowest BCUT2D eigenvalue weighted by atomic mass is 9.97. The van der Waals surface area contributed by atoms with Crippen molar-refractivity contribution in [3.63, 3.8) is 0 Å². The van der Waals surface area contributed by atoms with Gasteiger partial charge >= 0.3 is 0 Å². The van der Waals surface area contributed by atoms with Gasteiger partial charge in [0.05, 0.1) is 20.6 Å². The van der Waals surface area contributed by atoms with Crippen molar-refractivity contribution in [3.05, 3.63) is 162 Å². The van der Waals surface area contributed by atoms with Crippen molar-refractivity contribution >= 4 is 33.0 Å². The smallest absolute Gasteiger partial charge is 0.0629 e. The van der Waals surface area contributed by atoms with Crippen LogP contribution < -0.4 is 4.90 Å². The summed E-state index contributed by atoms with van der Waals surface area (Å²) in [5.74, 6) is 0. The first-order chi connectivity index (χ1) is 25.0. The van der Waals surface area contributed by atoms with Crippen LogP contribution in [-0.4, -0.2) is 0 Å². The summed E-state index contributed by atoms with van der Waals surface area (Å²) < 4.78 is 126. The molecule has 0 N–H and O–H groups in total. The zero-order chi connectivity index (χ0) is 38.8. The van der Waals surface area contributed by atoms with Gasteiger partial charge in [-0.25, -0.2) is 0 Å². The molecule has 0 saturated carbocycles. The van der Waals surface area contributed by atoms with E-state index in [1.807, 2.05) is 0 Å². The van der Waals surface area contributed by atoms with E-state index in [-0.39, 0.29) is 39.9 Å². The highest BCUT2D eigenvalue weighted by Gasteiger charge is 2.16. The molecular weight excluding hydrogens is 526 g/mol. The highest BCUT2D eigenvalue weighted by molar-refractivity contribution is 9.10. The minimum atomic E-state index is -0.596. The highest BCUT2D eigenvalue weighted by Crippen LogP contribution is 2.40. The number of anilines is 3. The molecule has 0 saturated heterocycles. The second-order valence-corrected chi connectivity index (χ2v) is 9.04. The summed E-state index contributed by atoms with van der Waals surface area (Å²) in [5, 5.41) is 0. The van der Waals surface area contributed by atoms with Gasteiger partial charge in [0.25, 0.3) is 0 Å². The summed E-state index contributed by atoms with van der Waals surface area (Å²) in [6.07, 6.45) is 0. The molecule has 0 unspecified atom stereocenters. The monoisotopic (exact) mass is 566 g/mol. The maximum atomic E-state index is 8.72. The summed E-state index contributed by atoms with van der Waals surface area (Å²) in [7, 11) is 0. The lowest BCUT2D eigenvalue weighted by molar-refractivity contribution is 1.28. The molecule has 2 heteroatoms. The van der Waals surface area contributed by atoms with Gasteiger partial charge in [-0.2, -0.15) is 0 Å². The molecule has 0 fully saturated rings. The van der Waals surface area contributed by atoms with Gasteiger partial charge in [-0.3, -0.25) is 0 Å². The van der Waals surface area contributed by atoms with Crippen LogP contribution >= 0.6 is 15.9 Å². The van der Waals surface area contributed by atoms with Crippen LogP contribution in [0.2, 0.25) is 0 Å². The first-order valence-electron chi connectivity index (χ1n) is 19.0. The molecule has 1 nitrogen and oxygen atoms in total. The number of nitrogens with zero attached hydrogens (tertiary/aromatic N) is 1. The number of halogens is 1. The Morgan fingerprint density at radius 2 is 0.789 bits per heavy atom. The van der Waals surface area contributed by atoms with Gasteiger partial charge in [0, 0.05) is 21.5 Å². The van der Waals surface area contributed by atoms with E-state index in [9.17, 15) is 0 Å². The van der Waals surface area contributed by atoms with Crippen LogP contribution in [0.4, 0.5) is 17.1 Å². The Labute approximate surface area is 253 Å². The van der Waals surface area contributed by atoms with Crippen molar-refractivity contribution in [2.45, 2.75) is 0 Å². The maximum absolute atomic E-state index is 8.72. The molecule has 6 aromatic rings. The van der Waals surface area contributed by atoms with Gasteiger partial charge in [0.2, 0.25) is 0 Å². The Morgan fingerprint density at radius 1 is 0.395 bits per heavy atom. The molecular formula is C36H26BrN. The average Bonchev–Trinajstić information content (AvgIpc) is 3.14. The molecule has 0 heterocycles. The van der Waals surface area contributed by atoms with Crippen LogP contribution in [0.15, 0.2) is 162 Å². The Morgan fingerprint density at radius 3 is 1.24 bits per heavy atom. The van der Waals surface area contributed by atoms with E-state index in [1.54, 1.807) is 65.6 Å². The van der Waals surface area contributed by atoms with Crippen LogP contribution in [0, 0.1) is 0 Å². The van der Waals surface area contributed by atoms with Crippen molar-refractivity contribution in [1.82, 2.24) is 0 Å². The molecule has 182 valence electrons. The third kappa shape index (κ3) is 5.18. The lowest BCUT2D eigenvalue weighted by Gasteiger charge is -2.27. The summed E-state index contributed by atoms with van der Waals surface area (Å²) >= 11 is 3.44. The quantitative estimate of drug-likeness (QED) is 0.194. The van der Waals surface area contributed by atoms with Crippen LogP contribution in [0.3, 0.4) is 0 Å². The van der Waals surface area contributed by atoms with Crippen molar-refractivity contribution in [1.29, 1.82) is 0 Å². The molecule has 0 aromatic heterocycles.